The quantitative estimate of drug-likeness (QED) is 0.413. The highest BCUT2D eigenvalue weighted by Gasteiger charge is 2.34. The minimum Gasteiger partial charge on any atom is -0.469 e. The zero-order chi connectivity index (χ0) is 17.8. The third-order valence-electron chi connectivity index (χ3n) is 5.28. The molecule has 1 aliphatic heterocycles. The normalized spacial score (nSPS) is 20.6. The van der Waals surface area contributed by atoms with E-state index in [0.717, 1.165) is 26.1 Å². The van der Waals surface area contributed by atoms with Gasteiger partial charge in [-0.15, -0.1) is 11.8 Å². The molecule has 1 aromatic rings. The number of methoxy groups -OCH3 is 1. The summed E-state index contributed by atoms with van der Waals surface area (Å²) < 4.78 is 4.82. The van der Waals surface area contributed by atoms with Gasteiger partial charge in [0.25, 0.3) is 0 Å². The van der Waals surface area contributed by atoms with Crippen LogP contribution in [0.3, 0.4) is 0 Å². The number of fused-ring (bicyclic) bond motifs is 1. The lowest BCUT2D eigenvalue weighted by atomic mass is 9.83. The lowest BCUT2D eigenvalue weighted by Crippen LogP contribution is -2.51. The van der Waals surface area contributed by atoms with Crippen molar-refractivity contribution in [3.8, 4) is 0 Å². The van der Waals surface area contributed by atoms with Gasteiger partial charge in [0.2, 0.25) is 0 Å². The molecule has 1 fully saturated rings. The van der Waals surface area contributed by atoms with Crippen LogP contribution in [-0.2, 0) is 16.0 Å². The van der Waals surface area contributed by atoms with Gasteiger partial charge in [0.05, 0.1) is 13.0 Å². The molecule has 0 aromatic heterocycles. The average molecular weight is 360 g/mol. The van der Waals surface area contributed by atoms with Crippen molar-refractivity contribution in [2.45, 2.75) is 38.0 Å². The smallest absolute Gasteiger partial charge is 0.311 e. The fraction of sp³-hybridized carbons (Fsp3) is 0.571. The number of thioether (sulfide) groups is 1. The largest absolute Gasteiger partial charge is 0.469 e. The number of carbonyl (C=O) groups is 1. The van der Waals surface area contributed by atoms with Crippen LogP contribution in [-0.4, -0.2) is 43.4 Å². The molecule has 0 unspecified atom stereocenters. The summed E-state index contributed by atoms with van der Waals surface area (Å²) in [4.78, 5) is 15.3. The number of ether oxygens (including phenoxy) is 1. The van der Waals surface area contributed by atoms with Crippen molar-refractivity contribution >= 4 is 23.8 Å². The molecule has 4 heteroatoms. The number of esters is 1. The molecule has 0 radical (unpaired) electrons. The highest BCUT2D eigenvalue weighted by molar-refractivity contribution is 7.99. The molecular weight excluding hydrogens is 330 g/mol. The Bertz CT molecular complexity index is 649. The maximum Gasteiger partial charge on any atom is 0.311 e. The van der Waals surface area contributed by atoms with Gasteiger partial charge in [0, 0.05) is 24.5 Å². The molecule has 25 heavy (non-hydrogen) atoms. The van der Waals surface area contributed by atoms with Crippen LogP contribution < -0.4 is 0 Å². The van der Waals surface area contributed by atoms with Crippen LogP contribution in [0.2, 0.25) is 0 Å². The summed E-state index contributed by atoms with van der Waals surface area (Å²) in [5.74, 6) is 1.78. The van der Waals surface area contributed by atoms with E-state index in [1.54, 1.807) is 0 Å². The van der Waals surface area contributed by atoms with Crippen LogP contribution >= 0.6 is 11.8 Å². The first kappa shape index (κ1) is 18.5. The SMILES string of the molecule is CCCCSc1ccc2c(c1)C[C@@H](C)C(CN1CC(C(=O)OC)C1)=C2. The van der Waals surface area contributed by atoms with Crippen LogP contribution in [0.1, 0.15) is 37.8 Å². The van der Waals surface area contributed by atoms with Crippen molar-refractivity contribution in [2.75, 3.05) is 32.5 Å². The van der Waals surface area contributed by atoms with E-state index in [-0.39, 0.29) is 11.9 Å². The summed E-state index contributed by atoms with van der Waals surface area (Å²) in [7, 11) is 1.47. The number of unbranched alkanes of at least 4 members (excludes halogenated alkanes) is 1. The number of likely N-dealkylation sites (tertiary alicyclic amines) is 1. The molecular formula is C21H29NO2S. The molecule has 1 atom stereocenters. The van der Waals surface area contributed by atoms with E-state index in [1.165, 1.54) is 47.3 Å². The van der Waals surface area contributed by atoms with Gasteiger partial charge < -0.3 is 4.74 Å². The summed E-state index contributed by atoms with van der Waals surface area (Å²) in [5.41, 5.74) is 4.34. The zero-order valence-corrected chi connectivity index (χ0v) is 16.4. The molecule has 136 valence electrons. The Balaban J connectivity index is 1.61. The molecule has 1 aliphatic carbocycles. The number of rotatable bonds is 7. The summed E-state index contributed by atoms with van der Waals surface area (Å²) in [6.45, 7) is 7.20. The first-order valence-electron chi connectivity index (χ1n) is 9.37. The van der Waals surface area contributed by atoms with E-state index in [2.05, 4.69) is 43.0 Å². The maximum absolute atomic E-state index is 11.5. The predicted octanol–water partition coefficient (Wildman–Crippen LogP) is 4.26. The summed E-state index contributed by atoms with van der Waals surface area (Å²) in [6, 6.07) is 6.93. The minimum atomic E-state index is -0.0691. The Morgan fingerprint density at radius 2 is 2.16 bits per heavy atom. The second-order valence-electron chi connectivity index (χ2n) is 7.30. The second kappa shape index (κ2) is 8.41. The van der Waals surface area contributed by atoms with E-state index in [1.807, 2.05) is 11.8 Å². The van der Waals surface area contributed by atoms with Crippen molar-refractivity contribution in [1.29, 1.82) is 0 Å². The Morgan fingerprint density at radius 1 is 1.36 bits per heavy atom. The fourth-order valence-corrected chi connectivity index (χ4v) is 4.66. The molecule has 0 N–H and O–H groups in total. The third kappa shape index (κ3) is 4.48. The van der Waals surface area contributed by atoms with Crippen molar-refractivity contribution in [2.24, 2.45) is 11.8 Å². The van der Waals surface area contributed by atoms with Gasteiger partial charge in [-0.3, -0.25) is 9.69 Å². The number of nitrogens with zero attached hydrogens (tertiary/aromatic N) is 1. The van der Waals surface area contributed by atoms with Crippen LogP contribution in [0.5, 0.6) is 0 Å². The molecule has 1 heterocycles. The topological polar surface area (TPSA) is 29.5 Å². The molecule has 0 saturated carbocycles. The average Bonchev–Trinajstić information content (AvgIpc) is 2.57. The number of hydrogen-bond donors (Lipinski definition) is 0. The van der Waals surface area contributed by atoms with Crippen molar-refractivity contribution in [1.82, 2.24) is 4.90 Å². The Kier molecular flexibility index (Phi) is 6.24. The Morgan fingerprint density at radius 3 is 2.88 bits per heavy atom. The van der Waals surface area contributed by atoms with Crippen molar-refractivity contribution in [3.05, 3.63) is 34.9 Å². The number of carbonyl (C=O) groups excluding carboxylic acids is 1. The standard InChI is InChI=1S/C21H29NO2S/c1-4-5-8-25-20-7-6-16-10-18(15(2)9-17(16)11-20)12-22-13-19(14-22)21(23)24-3/h6-7,10-11,15,19H,4-5,8-9,12-14H2,1-3H3/t15-/m1/s1. The van der Waals surface area contributed by atoms with Crippen LogP contribution in [0, 0.1) is 11.8 Å². The second-order valence-corrected chi connectivity index (χ2v) is 8.47. The summed E-state index contributed by atoms with van der Waals surface area (Å²) >= 11 is 1.98. The first-order valence-corrected chi connectivity index (χ1v) is 10.4. The molecule has 3 nitrogen and oxygen atoms in total. The molecule has 1 aromatic carbocycles. The number of benzene rings is 1. The molecule has 0 spiro atoms. The first-order chi connectivity index (χ1) is 12.1. The van der Waals surface area contributed by atoms with Crippen LogP contribution in [0.25, 0.3) is 6.08 Å². The van der Waals surface area contributed by atoms with Gasteiger partial charge >= 0.3 is 5.97 Å². The van der Waals surface area contributed by atoms with E-state index >= 15 is 0 Å². The highest BCUT2D eigenvalue weighted by Crippen LogP contribution is 2.33. The monoisotopic (exact) mass is 359 g/mol. The predicted molar refractivity (Wildman–Crippen MR) is 105 cm³/mol. The molecule has 2 aliphatic rings. The van der Waals surface area contributed by atoms with Gasteiger partial charge in [0.1, 0.15) is 0 Å². The van der Waals surface area contributed by atoms with Crippen molar-refractivity contribution in [3.63, 3.8) is 0 Å². The lowest BCUT2D eigenvalue weighted by Gasteiger charge is -2.39. The highest BCUT2D eigenvalue weighted by atomic mass is 32.2. The summed E-state index contributed by atoms with van der Waals surface area (Å²) in [5, 5.41) is 0. The minimum absolute atomic E-state index is 0.0690. The molecule has 0 bridgehead atoms. The van der Waals surface area contributed by atoms with E-state index in [0.29, 0.717) is 5.92 Å². The lowest BCUT2D eigenvalue weighted by molar-refractivity contribution is -0.151. The summed E-state index contributed by atoms with van der Waals surface area (Å²) in [6.07, 6.45) is 6.03. The van der Waals surface area contributed by atoms with Gasteiger partial charge in [-0.1, -0.05) is 38.0 Å². The Hall–Kier alpha value is -1.26. The van der Waals surface area contributed by atoms with Gasteiger partial charge in [0.15, 0.2) is 0 Å². The van der Waals surface area contributed by atoms with Crippen LogP contribution in [0.4, 0.5) is 0 Å². The van der Waals surface area contributed by atoms with Gasteiger partial charge in [-0.25, -0.2) is 0 Å². The van der Waals surface area contributed by atoms with E-state index < -0.39 is 0 Å². The van der Waals surface area contributed by atoms with Crippen molar-refractivity contribution < 1.29 is 9.53 Å². The van der Waals surface area contributed by atoms with E-state index in [4.69, 9.17) is 4.74 Å². The molecule has 1 saturated heterocycles. The number of hydrogen-bond acceptors (Lipinski definition) is 4. The van der Waals surface area contributed by atoms with E-state index in [9.17, 15) is 4.79 Å². The fourth-order valence-electron chi connectivity index (χ4n) is 3.60. The Labute approximate surface area is 155 Å². The maximum atomic E-state index is 11.5. The molecule has 3 rings (SSSR count). The molecule has 0 amide bonds. The third-order valence-corrected chi connectivity index (χ3v) is 6.36. The van der Waals surface area contributed by atoms with Gasteiger partial charge in [-0.2, -0.15) is 0 Å². The van der Waals surface area contributed by atoms with Gasteiger partial charge in [-0.05, 0) is 47.8 Å². The van der Waals surface area contributed by atoms with Crippen LogP contribution in [0.15, 0.2) is 28.7 Å². The zero-order valence-electron chi connectivity index (χ0n) is 15.6.